The first-order valence-corrected chi connectivity index (χ1v) is 10.9. The van der Waals surface area contributed by atoms with E-state index in [0.717, 1.165) is 17.8 Å². The summed E-state index contributed by atoms with van der Waals surface area (Å²) in [6.07, 6.45) is -5.16. The zero-order chi connectivity index (χ0) is 24.9. The predicted octanol–water partition coefficient (Wildman–Crippen LogP) is 4.94. The standard InChI is InChI=1S/C24H29F3N4O3/c1-5-33-22-29-21(16-7-6-8-17(13-16)24(25,26)27)31(30-22)19-11-9-18(10-12-19)28-14-20(32)15-34-23(2,3)4/h6-13,20,28,32H,5,14-15H2,1-4H3/t20-/m1/s1. The lowest BCUT2D eigenvalue weighted by Gasteiger charge is -2.22. The minimum Gasteiger partial charge on any atom is -0.463 e. The second-order valence-corrected chi connectivity index (χ2v) is 8.65. The number of nitrogens with one attached hydrogen (secondary N) is 1. The zero-order valence-corrected chi connectivity index (χ0v) is 19.6. The van der Waals surface area contributed by atoms with E-state index < -0.39 is 17.8 Å². The fraction of sp³-hybridized carbons (Fsp3) is 0.417. The number of halogens is 3. The van der Waals surface area contributed by atoms with E-state index in [0.29, 0.717) is 18.8 Å². The average molecular weight is 479 g/mol. The van der Waals surface area contributed by atoms with Gasteiger partial charge in [-0.15, -0.1) is 5.10 Å². The summed E-state index contributed by atoms with van der Waals surface area (Å²) in [4.78, 5) is 4.29. The van der Waals surface area contributed by atoms with Crippen molar-refractivity contribution in [2.24, 2.45) is 0 Å². The molecule has 3 rings (SSSR count). The fourth-order valence-corrected chi connectivity index (χ4v) is 3.05. The molecule has 10 heteroatoms. The van der Waals surface area contributed by atoms with Gasteiger partial charge in [0, 0.05) is 17.8 Å². The van der Waals surface area contributed by atoms with Crippen molar-refractivity contribution in [2.45, 2.75) is 45.6 Å². The van der Waals surface area contributed by atoms with E-state index in [9.17, 15) is 18.3 Å². The molecule has 1 aromatic heterocycles. The van der Waals surface area contributed by atoms with Crippen molar-refractivity contribution >= 4 is 5.69 Å². The first-order chi connectivity index (χ1) is 16.0. The van der Waals surface area contributed by atoms with Crippen molar-refractivity contribution < 1.29 is 27.8 Å². The maximum atomic E-state index is 13.2. The Morgan fingerprint density at radius 2 is 1.79 bits per heavy atom. The Kier molecular flexibility index (Phi) is 7.83. The van der Waals surface area contributed by atoms with Crippen LogP contribution < -0.4 is 10.1 Å². The van der Waals surface area contributed by atoms with Crippen LogP contribution in [-0.4, -0.2) is 51.3 Å². The molecule has 2 aromatic carbocycles. The van der Waals surface area contributed by atoms with Gasteiger partial charge in [-0.3, -0.25) is 0 Å². The van der Waals surface area contributed by atoms with Gasteiger partial charge in [-0.2, -0.15) is 18.2 Å². The molecule has 0 aliphatic rings. The molecule has 0 aliphatic carbocycles. The fourth-order valence-electron chi connectivity index (χ4n) is 3.05. The second kappa shape index (κ2) is 10.4. The topological polar surface area (TPSA) is 81.4 Å². The van der Waals surface area contributed by atoms with Crippen LogP contribution >= 0.6 is 0 Å². The van der Waals surface area contributed by atoms with Crippen LogP contribution in [0.5, 0.6) is 6.01 Å². The lowest BCUT2D eigenvalue weighted by Crippen LogP contribution is -2.30. The lowest BCUT2D eigenvalue weighted by molar-refractivity contribution is -0.137. The second-order valence-electron chi connectivity index (χ2n) is 8.65. The summed E-state index contributed by atoms with van der Waals surface area (Å²) < 4.78 is 52.0. The third kappa shape index (κ3) is 6.94. The van der Waals surface area contributed by atoms with E-state index in [-0.39, 0.29) is 29.6 Å². The number of rotatable bonds is 9. The normalized spacial score (nSPS) is 13.1. The van der Waals surface area contributed by atoms with Gasteiger partial charge in [0.05, 0.1) is 36.2 Å². The van der Waals surface area contributed by atoms with E-state index in [1.54, 1.807) is 37.3 Å². The van der Waals surface area contributed by atoms with E-state index in [2.05, 4.69) is 15.4 Å². The number of nitrogens with zero attached hydrogens (tertiary/aromatic N) is 3. The summed E-state index contributed by atoms with van der Waals surface area (Å²) in [7, 11) is 0. The summed E-state index contributed by atoms with van der Waals surface area (Å²) in [6, 6.07) is 12.1. The predicted molar refractivity (Wildman–Crippen MR) is 123 cm³/mol. The molecule has 7 nitrogen and oxygen atoms in total. The van der Waals surface area contributed by atoms with E-state index in [4.69, 9.17) is 9.47 Å². The Morgan fingerprint density at radius 3 is 2.41 bits per heavy atom. The number of aliphatic hydroxyl groups is 1. The van der Waals surface area contributed by atoms with E-state index in [1.165, 1.54) is 10.7 Å². The molecule has 0 radical (unpaired) electrons. The molecule has 0 bridgehead atoms. The maximum Gasteiger partial charge on any atom is 0.416 e. The third-order valence-corrected chi connectivity index (χ3v) is 4.67. The summed E-state index contributed by atoms with van der Waals surface area (Å²) >= 11 is 0. The highest BCUT2D eigenvalue weighted by molar-refractivity contribution is 5.60. The molecule has 1 heterocycles. The average Bonchev–Trinajstić information content (AvgIpc) is 3.20. The van der Waals surface area contributed by atoms with Crippen molar-refractivity contribution in [1.82, 2.24) is 14.8 Å². The van der Waals surface area contributed by atoms with Crippen LogP contribution in [0.15, 0.2) is 48.5 Å². The molecule has 2 N–H and O–H groups in total. The minimum absolute atomic E-state index is 0.0686. The molecular weight excluding hydrogens is 449 g/mol. The van der Waals surface area contributed by atoms with Crippen LogP contribution in [0.25, 0.3) is 17.1 Å². The van der Waals surface area contributed by atoms with Crippen molar-refractivity contribution in [2.75, 3.05) is 25.1 Å². The Balaban J connectivity index is 1.80. The molecule has 0 aliphatic heterocycles. The van der Waals surface area contributed by atoms with Crippen molar-refractivity contribution in [1.29, 1.82) is 0 Å². The SMILES string of the molecule is CCOc1nc(-c2cccc(C(F)(F)F)c2)n(-c2ccc(NC[C@@H](O)COC(C)(C)C)cc2)n1. The highest BCUT2D eigenvalue weighted by atomic mass is 19.4. The molecular formula is C24H29F3N4O3. The van der Waals surface area contributed by atoms with Crippen LogP contribution in [0, 0.1) is 0 Å². The van der Waals surface area contributed by atoms with Crippen LogP contribution in [-0.2, 0) is 10.9 Å². The minimum atomic E-state index is -4.47. The number of benzene rings is 2. The number of aliphatic hydroxyl groups excluding tert-OH is 1. The van der Waals surface area contributed by atoms with Gasteiger partial charge in [0.1, 0.15) is 0 Å². The first-order valence-electron chi connectivity index (χ1n) is 10.9. The van der Waals surface area contributed by atoms with Crippen LogP contribution in [0.3, 0.4) is 0 Å². The van der Waals surface area contributed by atoms with Crippen LogP contribution in [0.4, 0.5) is 18.9 Å². The number of aromatic nitrogens is 3. The monoisotopic (exact) mass is 478 g/mol. The molecule has 0 spiro atoms. The summed E-state index contributed by atoms with van der Waals surface area (Å²) in [5.41, 5.74) is 0.499. The Labute approximate surface area is 196 Å². The van der Waals surface area contributed by atoms with Gasteiger partial charge in [0.15, 0.2) is 5.82 Å². The highest BCUT2D eigenvalue weighted by Gasteiger charge is 2.31. The number of alkyl halides is 3. The van der Waals surface area contributed by atoms with E-state index >= 15 is 0 Å². The van der Waals surface area contributed by atoms with E-state index in [1.807, 2.05) is 20.8 Å². The quantitative estimate of drug-likeness (QED) is 0.454. The molecule has 3 aromatic rings. The molecule has 184 valence electrons. The molecule has 0 saturated heterocycles. The summed E-state index contributed by atoms with van der Waals surface area (Å²) in [6.45, 7) is 8.33. The number of hydrogen-bond donors (Lipinski definition) is 2. The summed E-state index contributed by atoms with van der Waals surface area (Å²) in [5.74, 6) is 0.227. The van der Waals surface area contributed by atoms with Gasteiger partial charge in [-0.1, -0.05) is 12.1 Å². The van der Waals surface area contributed by atoms with Gasteiger partial charge in [0.2, 0.25) is 0 Å². The van der Waals surface area contributed by atoms with Gasteiger partial charge < -0.3 is 19.9 Å². The maximum absolute atomic E-state index is 13.2. The smallest absolute Gasteiger partial charge is 0.416 e. The van der Waals surface area contributed by atoms with Crippen molar-refractivity contribution in [3.05, 3.63) is 54.1 Å². The molecule has 1 atom stereocenters. The van der Waals surface area contributed by atoms with Gasteiger partial charge >= 0.3 is 12.2 Å². The Bertz CT molecular complexity index is 1080. The van der Waals surface area contributed by atoms with Gasteiger partial charge in [-0.05, 0) is 64.1 Å². The Morgan fingerprint density at radius 1 is 1.09 bits per heavy atom. The lowest BCUT2D eigenvalue weighted by atomic mass is 10.1. The van der Waals surface area contributed by atoms with Gasteiger partial charge in [-0.25, -0.2) is 4.68 Å². The summed E-state index contributed by atoms with van der Waals surface area (Å²) in [5, 5.41) is 17.5. The number of ether oxygens (including phenoxy) is 2. The molecule has 0 unspecified atom stereocenters. The van der Waals surface area contributed by atoms with Crippen LogP contribution in [0.2, 0.25) is 0 Å². The van der Waals surface area contributed by atoms with Crippen LogP contribution in [0.1, 0.15) is 33.3 Å². The highest BCUT2D eigenvalue weighted by Crippen LogP contribution is 2.33. The third-order valence-electron chi connectivity index (χ3n) is 4.67. The number of hydrogen-bond acceptors (Lipinski definition) is 6. The van der Waals surface area contributed by atoms with Crippen molar-refractivity contribution in [3.63, 3.8) is 0 Å². The molecule has 0 amide bonds. The zero-order valence-electron chi connectivity index (χ0n) is 19.6. The van der Waals surface area contributed by atoms with Crippen molar-refractivity contribution in [3.8, 4) is 23.1 Å². The molecule has 34 heavy (non-hydrogen) atoms. The molecule has 0 saturated carbocycles. The number of anilines is 1. The molecule has 0 fully saturated rings. The van der Waals surface area contributed by atoms with Gasteiger partial charge in [0.25, 0.3) is 0 Å². The largest absolute Gasteiger partial charge is 0.463 e. The Hall–Kier alpha value is -3.11. The first kappa shape index (κ1) is 25.5.